The summed E-state index contributed by atoms with van der Waals surface area (Å²) in [5.41, 5.74) is 10.0. The molecule has 144 valence electrons. The molecule has 1 aliphatic rings. The quantitative estimate of drug-likeness (QED) is 0.500. The van der Waals surface area contributed by atoms with Crippen LogP contribution in [0.4, 0.5) is 10.2 Å². The summed E-state index contributed by atoms with van der Waals surface area (Å²) in [6.45, 7) is 0.412. The van der Waals surface area contributed by atoms with Crippen LogP contribution in [-0.4, -0.2) is 19.5 Å². The Kier molecular flexibility index (Phi) is 4.28. The Bertz CT molecular complexity index is 1270. The van der Waals surface area contributed by atoms with Crippen molar-refractivity contribution in [2.75, 3.05) is 5.73 Å². The smallest absolute Gasteiger partial charge is 0.165 e. The zero-order chi connectivity index (χ0) is 20.0. The minimum absolute atomic E-state index is 0.274. The van der Waals surface area contributed by atoms with Gasteiger partial charge in [0, 0.05) is 22.0 Å². The zero-order valence-corrected chi connectivity index (χ0v) is 16.7. The fourth-order valence-corrected chi connectivity index (χ4v) is 3.89. The van der Waals surface area contributed by atoms with Crippen LogP contribution in [0.5, 0.6) is 5.75 Å². The highest BCUT2D eigenvalue weighted by Crippen LogP contribution is 2.37. The van der Waals surface area contributed by atoms with Gasteiger partial charge in [0.25, 0.3) is 0 Å². The predicted molar refractivity (Wildman–Crippen MR) is 112 cm³/mol. The molecule has 0 saturated carbocycles. The summed E-state index contributed by atoms with van der Waals surface area (Å²) in [6.07, 6.45) is 3.75. The molecule has 0 fully saturated rings. The van der Waals surface area contributed by atoms with Gasteiger partial charge in [0.05, 0.1) is 12.9 Å². The minimum Gasteiger partial charge on any atom is -0.459 e. The lowest BCUT2D eigenvalue weighted by atomic mass is 9.94. The van der Waals surface area contributed by atoms with Crippen LogP contribution in [0.15, 0.2) is 65.4 Å². The molecule has 5 rings (SSSR count). The van der Waals surface area contributed by atoms with E-state index >= 15 is 0 Å². The van der Waals surface area contributed by atoms with Crippen LogP contribution in [0, 0.1) is 5.82 Å². The lowest BCUT2D eigenvalue weighted by Crippen LogP contribution is -2.15. The largest absolute Gasteiger partial charge is 0.459 e. The standard InChI is InChI=1S/C21H15BrFN5O/c22-14-3-6-17-13(7-14)8-16(12-1-4-15(23)5-2-12)18(29-17)9-28-11-27-19-20(24)25-10-26-21(19)28/h1-7,10-11H,8-9H2,(H2,24,25,26). The second kappa shape index (κ2) is 6.97. The number of nitrogen functional groups attached to an aromatic ring is 1. The second-order valence-electron chi connectivity index (χ2n) is 6.74. The van der Waals surface area contributed by atoms with Gasteiger partial charge in [-0.15, -0.1) is 0 Å². The van der Waals surface area contributed by atoms with Gasteiger partial charge in [-0.1, -0.05) is 28.1 Å². The van der Waals surface area contributed by atoms with E-state index in [0.29, 0.717) is 29.9 Å². The number of nitrogens with two attached hydrogens (primary N) is 1. The molecule has 0 amide bonds. The summed E-state index contributed by atoms with van der Waals surface area (Å²) in [4.78, 5) is 12.6. The van der Waals surface area contributed by atoms with Gasteiger partial charge < -0.3 is 15.0 Å². The molecule has 0 saturated heterocycles. The Balaban J connectivity index is 1.61. The summed E-state index contributed by atoms with van der Waals surface area (Å²) >= 11 is 3.51. The van der Waals surface area contributed by atoms with Crippen molar-refractivity contribution in [2.45, 2.75) is 13.0 Å². The van der Waals surface area contributed by atoms with Crippen LogP contribution < -0.4 is 10.5 Å². The summed E-state index contributed by atoms with van der Waals surface area (Å²) in [5.74, 6) is 1.61. The number of hydrogen-bond donors (Lipinski definition) is 1. The van der Waals surface area contributed by atoms with Crippen molar-refractivity contribution in [1.82, 2.24) is 19.5 Å². The number of fused-ring (bicyclic) bond motifs is 2. The number of imidazole rings is 1. The first kappa shape index (κ1) is 17.8. The van der Waals surface area contributed by atoms with Crippen molar-refractivity contribution >= 4 is 38.5 Å². The summed E-state index contributed by atoms with van der Waals surface area (Å²) < 4.78 is 22.6. The predicted octanol–water partition coefficient (Wildman–Crippen LogP) is 4.36. The Morgan fingerprint density at radius 2 is 1.93 bits per heavy atom. The molecule has 1 aliphatic heterocycles. The fourth-order valence-electron chi connectivity index (χ4n) is 3.48. The van der Waals surface area contributed by atoms with E-state index in [1.165, 1.54) is 18.5 Å². The van der Waals surface area contributed by atoms with Crippen LogP contribution >= 0.6 is 15.9 Å². The summed E-state index contributed by atoms with van der Waals surface area (Å²) in [6, 6.07) is 12.4. The Morgan fingerprint density at radius 1 is 1.10 bits per heavy atom. The molecular weight excluding hydrogens is 437 g/mol. The summed E-state index contributed by atoms with van der Waals surface area (Å²) in [7, 11) is 0. The van der Waals surface area contributed by atoms with E-state index < -0.39 is 0 Å². The highest BCUT2D eigenvalue weighted by atomic mass is 79.9. The van der Waals surface area contributed by atoms with Gasteiger partial charge in [-0.25, -0.2) is 19.3 Å². The van der Waals surface area contributed by atoms with E-state index in [1.54, 1.807) is 18.5 Å². The molecule has 2 N–H and O–H groups in total. The van der Waals surface area contributed by atoms with Crippen molar-refractivity contribution in [3.63, 3.8) is 0 Å². The second-order valence-corrected chi connectivity index (χ2v) is 7.66. The van der Waals surface area contributed by atoms with E-state index in [1.807, 2.05) is 22.8 Å². The Hall–Kier alpha value is -3.26. The van der Waals surface area contributed by atoms with Crippen molar-refractivity contribution in [3.8, 4) is 5.75 Å². The summed E-state index contributed by atoms with van der Waals surface area (Å²) in [5, 5.41) is 0. The topological polar surface area (TPSA) is 78.9 Å². The maximum Gasteiger partial charge on any atom is 0.165 e. The number of hydrogen-bond acceptors (Lipinski definition) is 5. The molecule has 0 radical (unpaired) electrons. The van der Waals surface area contributed by atoms with Gasteiger partial charge in [0.2, 0.25) is 0 Å². The third kappa shape index (κ3) is 3.25. The maximum atomic E-state index is 13.5. The van der Waals surface area contributed by atoms with Crippen molar-refractivity contribution in [3.05, 3.63) is 82.3 Å². The molecule has 0 unspecified atom stereocenters. The lowest BCUT2D eigenvalue weighted by molar-refractivity contribution is 0.383. The van der Waals surface area contributed by atoms with Gasteiger partial charge in [-0.05, 0) is 35.9 Å². The molecule has 6 nitrogen and oxygen atoms in total. The molecular formula is C21H15BrFN5O. The van der Waals surface area contributed by atoms with E-state index in [9.17, 15) is 4.39 Å². The molecule has 0 aliphatic carbocycles. The monoisotopic (exact) mass is 451 g/mol. The van der Waals surface area contributed by atoms with Gasteiger partial charge >= 0.3 is 0 Å². The van der Waals surface area contributed by atoms with Crippen molar-refractivity contribution in [2.24, 2.45) is 0 Å². The normalized spacial score (nSPS) is 13.4. The maximum absolute atomic E-state index is 13.5. The molecule has 29 heavy (non-hydrogen) atoms. The van der Waals surface area contributed by atoms with Crippen molar-refractivity contribution < 1.29 is 9.13 Å². The number of rotatable bonds is 3. The molecule has 0 spiro atoms. The van der Waals surface area contributed by atoms with Gasteiger partial charge in [0.1, 0.15) is 29.2 Å². The first-order valence-corrected chi connectivity index (χ1v) is 9.73. The molecule has 0 atom stereocenters. The van der Waals surface area contributed by atoms with Gasteiger partial charge in [-0.3, -0.25) is 0 Å². The van der Waals surface area contributed by atoms with Crippen LogP contribution in [0.3, 0.4) is 0 Å². The average Bonchev–Trinajstić information content (AvgIpc) is 3.13. The average molecular weight is 452 g/mol. The fraction of sp³-hybridized carbons (Fsp3) is 0.0952. The number of allylic oxidation sites excluding steroid dienone is 2. The van der Waals surface area contributed by atoms with Crippen LogP contribution in [0.2, 0.25) is 0 Å². The highest BCUT2D eigenvalue weighted by Gasteiger charge is 2.23. The first-order chi connectivity index (χ1) is 14.1. The number of aromatic nitrogens is 4. The van der Waals surface area contributed by atoms with Crippen molar-refractivity contribution in [1.29, 1.82) is 0 Å². The molecule has 3 heterocycles. The number of anilines is 1. The number of halogens is 2. The zero-order valence-electron chi connectivity index (χ0n) is 15.1. The number of benzene rings is 2. The third-order valence-corrected chi connectivity index (χ3v) is 5.39. The van der Waals surface area contributed by atoms with E-state index in [2.05, 4.69) is 30.9 Å². The first-order valence-electron chi connectivity index (χ1n) is 8.94. The van der Waals surface area contributed by atoms with Crippen LogP contribution in [0.25, 0.3) is 16.7 Å². The number of nitrogens with zero attached hydrogens (tertiary/aromatic N) is 4. The lowest BCUT2D eigenvalue weighted by Gasteiger charge is -2.24. The van der Waals surface area contributed by atoms with Crippen LogP contribution in [-0.2, 0) is 13.0 Å². The molecule has 4 aromatic rings. The van der Waals surface area contributed by atoms with E-state index in [0.717, 1.165) is 32.7 Å². The number of ether oxygens (including phenoxy) is 1. The van der Waals surface area contributed by atoms with Gasteiger partial charge in [-0.2, -0.15) is 0 Å². The minimum atomic E-state index is -0.274. The van der Waals surface area contributed by atoms with E-state index in [-0.39, 0.29) is 5.82 Å². The highest BCUT2D eigenvalue weighted by molar-refractivity contribution is 9.10. The van der Waals surface area contributed by atoms with Crippen LogP contribution in [0.1, 0.15) is 11.1 Å². The molecule has 2 aromatic heterocycles. The van der Waals surface area contributed by atoms with E-state index in [4.69, 9.17) is 10.5 Å². The molecule has 2 aromatic carbocycles. The third-order valence-electron chi connectivity index (χ3n) is 4.90. The Labute approximate surface area is 174 Å². The van der Waals surface area contributed by atoms with Gasteiger partial charge in [0.15, 0.2) is 11.5 Å². The SMILES string of the molecule is Nc1ncnc2c1ncn2CC1=C(c2ccc(F)cc2)Cc2cc(Br)ccc2O1. The molecule has 0 bridgehead atoms. The molecule has 8 heteroatoms. The Morgan fingerprint density at radius 3 is 2.76 bits per heavy atom.